The molecule has 0 fully saturated rings. The smallest absolute Gasteiger partial charge is 0.255 e. The molecule has 0 atom stereocenters. The summed E-state index contributed by atoms with van der Waals surface area (Å²) in [6.07, 6.45) is 2.26. The summed E-state index contributed by atoms with van der Waals surface area (Å²) in [5, 5.41) is 5.97. The monoisotopic (exact) mass is 361 g/mol. The molecule has 0 spiro atoms. The topological polar surface area (TPSA) is 80.3 Å². The number of benzene rings is 1. The number of nitrogens with zero attached hydrogens (tertiary/aromatic N) is 1. The fraction of sp³-hybridized carbons (Fsp3) is 0.278. The molecule has 2 N–H and O–H groups in total. The first-order chi connectivity index (χ1) is 12.1. The number of pyridine rings is 1. The summed E-state index contributed by atoms with van der Waals surface area (Å²) in [5.74, 6) is 0.612. The molecule has 0 unspecified atom stereocenters. The number of halogens is 1. The van der Waals surface area contributed by atoms with Crippen molar-refractivity contribution < 1.29 is 14.3 Å². The molecule has 6 nitrogen and oxygen atoms in total. The molecule has 2 amide bonds. The molecule has 0 bridgehead atoms. The molecule has 2 aromatic rings. The van der Waals surface area contributed by atoms with Crippen LogP contribution in [-0.4, -0.2) is 29.9 Å². The Morgan fingerprint density at radius 1 is 1.20 bits per heavy atom. The molecule has 0 radical (unpaired) electrons. The zero-order valence-corrected chi connectivity index (χ0v) is 14.7. The fourth-order valence-electron chi connectivity index (χ4n) is 2.14. The highest BCUT2D eigenvalue weighted by atomic mass is 35.5. The van der Waals surface area contributed by atoms with Crippen LogP contribution in [0, 0.1) is 0 Å². The molecular formula is C18H20ClN3O3. The van der Waals surface area contributed by atoms with E-state index in [1.54, 1.807) is 30.3 Å². The normalized spacial score (nSPS) is 10.2. The van der Waals surface area contributed by atoms with Gasteiger partial charge in [-0.25, -0.2) is 4.98 Å². The molecule has 0 saturated heterocycles. The minimum Gasteiger partial charge on any atom is -0.493 e. The van der Waals surface area contributed by atoms with Crippen LogP contribution in [0.5, 0.6) is 5.75 Å². The third-order valence-corrected chi connectivity index (χ3v) is 3.52. The first-order valence-corrected chi connectivity index (χ1v) is 8.39. The van der Waals surface area contributed by atoms with Crippen LogP contribution in [-0.2, 0) is 4.79 Å². The van der Waals surface area contributed by atoms with Crippen molar-refractivity contribution in [3.05, 3.63) is 53.2 Å². The predicted molar refractivity (Wildman–Crippen MR) is 97.1 cm³/mol. The lowest BCUT2D eigenvalue weighted by molar-refractivity contribution is -0.116. The summed E-state index contributed by atoms with van der Waals surface area (Å²) in [4.78, 5) is 28.0. The summed E-state index contributed by atoms with van der Waals surface area (Å²) in [6, 6.07) is 10.3. The predicted octanol–water partition coefficient (Wildman–Crippen LogP) is 3.28. The second-order valence-electron chi connectivity index (χ2n) is 5.20. The van der Waals surface area contributed by atoms with Crippen molar-refractivity contribution in [3.8, 4) is 5.75 Å². The summed E-state index contributed by atoms with van der Waals surface area (Å²) in [6.45, 7) is 2.74. The van der Waals surface area contributed by atoms with Crippen LogP contribution in [0.25, 0.3) is 0 Å². The number of aromatic nitrogens is 1. The van der Waals surface area contributed by atoms with Crippen molar-refractivity contribution in [3.63, 3.8) is 0 Å². The van der Waals surface area contributed by atoms with Gasteiger partial charge >= 0.3 is 0 Å². The Kier molecular flexibility index (Phi) is 7.22. The molecule has 0 saturated carbocycles. The highest BCUT2D eigenvalue weighted by Crippen LogP contribution is 2.17. The van der Waals surface area contributed by atoms with Gasteiger partial charge in [0.15, 0.2) is 0 Å². The number of amides is 2. The van der Waals surface area contributed by atoms with Gasteiger partial charge in [0.05, 0.1) is 17.2 Å². The van der Waals surface area contributed by atoms with Gasteiger partial charge < -0.3 is 15.4 Å². The molecule has 25 heavy (non-hydrogen) atoms. The third kappa shape index (κ3) is 6.08. The van der Waals surface area contributed by atoms with E-state index in [0.29, 0.717) is 41.7 Å². The molecule has 1 aromatic carbocycles. The lowest BCUT2D eigenvalue weighted by atomic mass is 10.2. The van der Waals surface area contributed by atoms with E-state index in [1.165, 1.54) is 6.20 Å². The van der Waals surface area contributed by atoms with Gasteiger partial charge in [-0.05, 0) is 37.6 Å². The Bertz CT molecular complexity index is 720. The van der Waals surface area contributed by atoms with Gasteiger partial charge in [-0.3, -0.25) is 9.59 Å². The second-order valence-corrected chi connectivity index (χ2v) is 5.63. The number of carbonyl (C=O) groups is 2. The molecular weight excluding hydrogens is 342 g/mol. The van der Waals surface area contributed by atoms with E-state index in [4.69, 9.17) is 16.3 Å². The lowest BCUT2D eigenvalue weighted by Crippen LogP contribution is -2.26. The zero-order chi connectivity index (χ0) is 18.1. The molecule has 0 aliphatic rings. The zero-order valence-electron chi connectivity index (χ0n) is 13.9. The highest BCUT2D eigenvalue weighted by Gasteiger charge is 2.11. The van der Waals surface area contributed by atoms with Crippen molar-refractivity contribution in [2.24, 2.45) is 0 Å². The molecule has 132 valence electrons. The second kappa shape index (κ2) is 9.64. The van der Waals surface area contributed by atoms with E-state index < -0.39 is 0 Å². The summed E-state index contributed by atoms with van der Waals surface area (Å²) in [5.41, 5.74) is 0.485. The summed E-state index contributed by atoms with van der Waals surface area (Å²) >= 11 is 5.74. The Morgan fingerprint density at radius 3 is 2.72 bits per heavy atom. The average molecular weight is 362 g/mol. The molecule has 2 rings (SSSR count). The maximum atomic E-state index is 12.2. The average Bonchev–Trinajstić information content (AvgIpc) is 2.61. The van der Waals surface area contributed by atoms with Crippen molar-refractivity contribution in [1.82, 2.24) is 10.3 Å². The molecule has 0 aliphatic carbocycles. The van der Waals surface area contributed by atoms with Gasteiger partial charge in [-0.2, -0.15) is 0 Å². The van der Waals surface area contributed by atoms with Gasteiger partial charge in [0, 0.05) is 19.2 Å². The van der Waals surface area contributed by atoms with Crippen LogP contribution in [0.15, 0.2) is 42.6 Å². The number of hydrogen-bond donors (Lipinski definition) is 2. The SMILES string of the molecule is CCOc1ccccc1C(=O)NCCCC(=O)Nc1ccc(Cl)cn1. The van der Waals surface area contributed by atoms with E-state index in [0.717, 1.165) is 0 Å². The van der Waals surface area contributed by atoms with Crippen LogP contribution in [0.2, 0.25) is 5.02 Å². The van der Waals surface area contributed by atoms with Gasteiger partial charge in [0.2, 0.25) is 5.91 Å². The first kappa shape index (κ1) is 18.7. The van der Waals surface area contributed by atoms with Gasteiger partial charge in [0.1, 0.15) is 11.6 Å². The number of anilines is 1. The van der Waals surface area contributed by atoms with E-state index in [1.807, 2.05) is 13.0 Å². The highest BCUT2D eigenvalue weighted by molar-refractivity contribution is 6.30. The third-order valence-electron chi connectivity index (χ3n) is 3.29. The van der Waals surface area contributed by atoms with E-state index in [9.17, 15) is 9.59 Å². The van der Waals surface area contributed by atoms with E-state index in [-0.39, 0.29) is 18.2 Å². The van der Waals surface area contributed by atoms with Crippen LogP contribution in [0.1, 0.15) is 30.1 Å². The minimum atomic E-state index is -0.219. The van der Waals surface area contributed by atoms with Crippen molar-refractivity contribution in [2.45, 2.75) is 19.8 Å². The Labute approximate surface area is 151 Å². The van der Waals surface area contributed by atoms with Gasteiger partial charge in [-0.1, -0.05) is 23.7 Å². The number of carbonyl (C=O) groups excluding carboxylic acids is 2. The lowest BCUT2D eigenvalue weighted by Gasteiger charge is -2.10. The maximum absolute atomic E-state index is 12.2. The standard InChI is InChI=1S/C18H20ClN3O3/c1-2-25-15-7-4-3-6-14(15)18(24)20-11-5-8-17(23)22-16-10-9-13(19)12-21-16/h3-4,6-7,9-10,12H,2,5,8,11H2,1H3,(H,20,24)(H,21,22,23). The number of ether oxygens (including phenoxy) is 1. The van der Waals surface area contributed by atoms with Crippen LogP contribution >= 0.6 is 11.6 Å². The molecule has 0 aliphatic heterocycles. The largest absolute Gasteiger partial charge is 0.493 e. The Morgan fingerprint density at radius 2 is 2.00 bits per heavy atom. The van der Waals surface area contributed by atoms with Crippen LogP contribution in [0.3, 0.4) is 0 Å². The number of hydrogen-bond acceptors (Lipinski definition) is 4. The van der Waals surface area contributed by atoms with E-state index >= 15 is 0 Å². The van der Waals surface area contributed by atoms with Crippen molar-refractivity contribution >= 4 is 29.2 Å². The number of para-hydroxylation sites is 1. The number of rotatable bonds is 8. The van der Waals surface area contributed by atoms with Crippen molar-refractivity contribution in [2.75, 3.05) is 18.5 Å². The van der Waals surface area contributed by atoms with Gasteiger partial charge in [-0.15, -0.1) is 0 Å². The molecule has 1 heterocycles. The fourth-order valence-corrected chi connectivity index (χ4v) is 2.25. The first-order valence-electron chi connectivity index (χ1n) is 8.01. The Hall–Kier alpha value is -2.60. The summed E-state index contributed by atoms with van der Waals surface area (Å²) in [7, 11) is 0. The molecule has 1 aromatic heterocycles. The van der Waals surface area contributed by atoms with Gasteiger partial charge in [0.25, 0.3) is 5.91 Å². The van der Waals surface area contributed by atoms with Crippen LogP contribution in [0.4, 0.5) is 5.82 Å². The Balaban J connectivity index is 1.74. The van der Waals surface area contributed by atoms with Crippen molar-refractivity contribution in [1.29, 1.82) is 0 Å². The summed E-state index contributed by atoms with van der Waals surface area (Å²) < 4.78 is 5.44. The number of nitrogens with one attached hydrogen (secondary N) is 2. The quantitative estimate of drug-likeness (QED) is 0.707. The van der Waals surface area contributed by atoms with E-state index in [2.05, 4.69) is 15.6 Å². The molecule has 7 heteroatoms. The van der Waals surface area contributed by atoms with Crippen LogP contribution < -0.4 is 15.4 Å². The minimum absolute atomic E-state index is 0.168. The maximum Gasteiger partial charge on any atom is 0.255 e.